The van der Waals surface area contributed by atoms with Crippen molar-refractivity contribution < 1.29 is 33.0 Å². The van der Waals surface area contributed by atoms with Crippen molar-refractivity contribution in [2.24, 2.45) is 0 Å². The van der Waals surface area contributed by atoms with Gasteiger partial charge in [0.25, 0.3) is 0 Å². The molecule has 0 saturated heterocycles. The Morgan fingerprint density at radius 2 is 1.63 bits per heavy atom. The highest BCUT2D eigenvalue weighted by Gasteiger charge is 2.40. The Balaban J connectivity index is 3.34. The molecule has 0 amide bonds. The molecule has 0 aliphatic carbocycles. The van der Waals surface area contributed by atoms with Crippen molar-refractivity contribution in [2.45, 2.75) is 25.2 Å². The van der Waals surface area contributed by atoms with Gasteiger partial charge in [-0.2, -0.15) is 0 Å². The second-order valence-electron chi connectivity index (χ2n) is 4.28. The normalized spacial score (nSPS) is 13.9. The largest absolute Gasteiger partial charge is 0.481 e. The van der Waals surface area contributed by atoms with Gasteiger partial charge in [0.15, 0.2) is 0 Å². The highest BCUT2D eigenvalue weighted by molar-refractivity contribution is 5.82. The van der Waals surface area contributed by atoms with Crippen LogP contribution in [0.5, 0.6) is 0 Å². The lowest BCUT2D eigenvalue weighted by Gasteiger charge is -2.25. The smallest absolute Gasteiger partial charge is 0.314 e. The molecule has 4 nitrogen and oxygen atoms in total. The summed E-state index contributed by atoms with van der Waals surface area (Å²) < 4.78 is 40.0. The zero-order valence-electron chi connectivity index (χ0n) is 9.91. The molecule has 0 radical (unpaired) electrons. The molecule has 7 heteroatoms. The Morgan fingerprint density at radius 3 is 2.00 bits per heavy atom. The fraction of sp³-hybridized carbons (Fsp3) is 0.333. The van der Waals surface area contributed by atoms with Gasteiger partial charge in [0.2, 0.25) is 0 Å². The molecule has 0 heterocycles. The second kappa shape index (κ2) is 5.29. The van der Waals surface area contributed by atoms with Crippen LogP contribution in [0.25, 0.3) is 0 Å². The molecule has 0 fully saturated rings. The molecule has 0 aromatic heterocycles. The van der Waals surface area contributed by atoms with Gasteiger partial charge < -0.3 is 10.2 Å². The topological polar surface area (TPSA) is 74.6 Å². The minimum Gasteiger partial charge on any atom is -0.481 e. The number of halogens is 3. The van der Waals surface area contributed by atoms with Crippen LogP contribution in [0.2, 0.25) is 0 Å². The third kappa shape index (κ3) is 3.04. The summed E-state index contributed by atoms with van der Waals surface area (Å²) in [7, 11) is 0. The van der Waals surface area contributed by atoms with Gasteiger partial charge in [-0.1, -0.05) is 0 Å². The van der Waals surface area contributed by atoms with Crippen LogP contribution >= 0.6 is 0 Å². The minimum absolute atomic E-state index is 0.361. The monoisotopic (exact) mass is 276 g/mol. The van der Waals surface area contributed by atoms with E-state index in [1.807, 2.05) is 0 Å². The van der Waals surface area contributed by atoms with Crippen molar-refractivity contribution in [3.05, 3.63) is 35.1 Å². The summed E-state index contributed by atoms with van der Waals surface area (Å²) in [6.07, 6.45) is -1.10. The molecule has 0 spiro atoms. The summed E-state index contributed by atoms with van der Waals surface area (Å²) in [6.45, 7) is 0.998. The first-order chi connectivity index (χ1) is 8.68. The average Bonchev–Trinajstić information content (AvgIpc) is 2.24. The molecule has 0 aliphatic rings. The van der Waals surface area contributed by atoms with Crippen LogP contribution in [-0.2, 0) is 15.0 Å². The number of carbonyl (C=O) groups is 2. The van der Waals surface area contributed by atoms with E-state index in [9.17, 15) is 22.8 Å². The average molecular weight is 276 g/mol. The molecular weight excluding hydrogens is 265 g/mol. The number of aliphatic carboxylic acids is 2. The van der Waals surface area contributed by atoms with Gasteiger partial charge in [-0.05, 0) is 13.3 Å². The Bertz CT molecular complexity index is 507. The molecule has 1 aromatic carbocycles. The molecule has 0 aliphatic heterocycles. The van der Waals surface area contributed by atoms with Gasteiger partial charge in [-0.25, -0.2) is 13.2 Å². The lowest BCUT2D eigenvalue weighted by atomic mass is 9.78. The van der Waals surface area contributed by atoms with Crippen LogP contribution in [0.1, 0.15) is 25.3 Å². The summed E-state index contributed by atoms with van der Waals surface area (Å²) >= 11 is 0. The van der Waals surface area contributed by atoms with Crippen LogP contribution < -0.4 is 0 Å². The van der Waals surface area contributed by atoms with Gasteiger partial charge in [0, 0.05) is 24.1 Å². The third-order valence-electron chi connectivity index (χ3n) is 2.87. The van der Waals surface area contributed by atoms with Crippen molar-refractivity contribution in [1.82, 2.24) is 0 Å². The van der Waals surface area contributed by atoms with Gasteiger partial charge in [0.1, 0.15) is 17.5 Å². The predicted octanol–water partition coefficient (Wildman–Crippen LogP) is 2.31. The van der Waals surface area contributed by atoms with E-state index in [2.05, 4.69) is 0 Å². The molecule has 104 valence electrons. The fourth-order valence-corrected chi connectivity index (χ4v) is 1.77. The maximum absolute atomic E-state index is 13.6. The quantitative estimate of drug-likeness (QED) is 0.865. The van der Waals surface area contributed by atoms with E-state index in [0.29, 0.717) is 12.1 Å². The minimum atomic E-state index is -2.08. The lowest BCUT2D eigenvalue weighted by Crippen LogP contribution is -2.35. The first-order valence-electron chi connectivity index (χ1n) is 5.28. The number of rotatable bonds is 5. The van der Waals surface area contributed by atoms with E-state index < -0.39 is 53.2 Å². The number of carboxylic acid groups (broad SMARTS) is 2. The Kier molecular flexibility index (Phi) is 4.18. The Hall–Kier alpha value is -2.05. The zero-order valence-corrected chi connectivity index (χ0v) is 9.91. The maximum Gasteiger partial charge on any atom is 0.314 e. The maximum atomic E-state index is 13.6. The summed E-state index contributed by atoms with van der Waals surface area (Å²) in [5.74, 6) is -6.76. The van der Waals surface area contributed by atoms with Crippen LogP contribution in [0.3, 0.4) is 0 Å². The number of carboxylic acids is 2. The first kappa shape index (κ1) is 15.0. The van der Waals surface area contributed by atoms with E-state index in [1.54, 1.807) is 0 Å². The van der Waals surface area contributed by atoms with E-state index in [1.165, 1.54) is 0 Å². The highest BCUT2D eigenvalue weighted by atomic mass is 19.1. The fourth-order valence-electron chi connectivity index (χ4n) is 1.77. The summed E-state index contributed by atoms with van der Waals surface area (Å²) in [4.78, 5) is 21.7. The van der Waals surface area contributed by atoms with E-state index >= 15 is 0 Å². The van der Waals surface area contributed by atoms with Crippen LogP contribution in [0, 0.1) is 17.5 Å². The predicted molar refractivity (Wildman–Crippen MR) is 58.2 cm³/mol. The molecule has 1 rings (SSSR count). The molecular formula is C12H11F3O4. The van der Waals surface area contributed by atoms with Crippen molar-refractivity contribution in [3.63, 3.8) is 0 Å². The zero-order chi connectivity index (χ0) is 14.8. The molecule has 1 unspecified atom stereocenters. The second-order valence-corrected chi connectivity index (χ2v) is 4.28. The van der Waals surface area contributed by atoms with Crippen molar-refractivity contribution in [3.8, 4) is 0 Å². The lowest BCUT2D eigenvalue weighted by molar-refractivity contribution is -0.144. The van der Waals surface area contributed by atoms with Crippen LogP contribution in [0.4, 0.5) is 13.2 Å². The molecule has 1 aromatic rings. The standard InChI is InChI=1S/C12H11F3O4/c1-12(11(18)19,3-2-9(16)17)10-7(14)4-6(13)5-8(10)15/h4-5H,2-3H2,1H3,(H,16,17)(H,18,19). The Morgan fingerprint density at radius 1 is 1.16 bits per heavy atom. The van der Waals surface area contributed by atoms with E-state index in [-0.39, 0.29) is 0 Å². The summed E-state index contributed by atoms with van der Waals surface area (Å²) in [5.41, 5.74) is -2.93. The SMILES string of the molecule is CC(CCC(=O)O)(C(=O)O)c1c(F)cc(F)cc1F. The van der Waals surface area contributed by atoms with Crippen molar-refractivity contribution in [2.75, 3.05) is 0 Å². The molecule has 19 heavy (non-hydrogen) atoms. The number of hydrogen-bond donors (Lipinski definition) is 2. The van der Waals surface area contributed by atoms with Gasteiger partial charge in [-0.15, -0.1) is 0 Å². The molecule has 2 N–H and O–H groups in total. The third-order valence-corrected chi connectivity index (χ3v) is 2.87. The van der Waals surface area contributed by atoms with Crippen LogP contribution in [0.15, 0.2) is 12.1 Å². The van der Waals surface area contributed by atoms with Crippen molar-refractivity contribution in [1.29, 1.82) is 0 Å². The van der Waals surface area contributed by atoms with Gasteiger partial charge in [0.05, 0.1) is 5.41 Å². The van der Waals surface area contributed by atoms with Crippen molar-refractivity contribution >= 4 is 11.9 Å². The van der Waals surface area contributed by atoms with Gasteiger partial charge >= 0.3 is 11.9 Å². The first-order valence-corrected chi connectivity index (χ1v) is 5.28. The van der Waals surface area contributed by atoms with E-state index in [4.69, 9.17) is 10.2 Å². The van der Waals surface area contributed by atoms with Gasteiger partial charge in [-0.3, -0.25) is 9.59 Å². The number of hydrogen-bond acceptors (Lipinski definition) is 2. The Labute approximate surface area is 106 Å². The molecule has 0 saturated carbocycles. The molecule has 0 bridgehead atoms. The van der Waals surface area contributed by atoms with Crippen LogP contribution in [-0.4, -0.2) is 22.2 Å². The van der Waals surface area contributed by atoms with E-state index in [0.717, 1.165) is 6.92 Å². The number of benzene rings is 1. The summed E-state index contributed by atoms with van der Waals surface area (Å²) in [5, 5.41) is 17.6. The molecule has 1 atom stereocenters. The highest BCUT2D eigenvalue weighted by Crippen LogP contribution is 2.34. The summed E-state index contributed by atoms with van der Waals surface area (Å²) in [6, 6.07) is 0.723.